The zero-order valence-electron chi connectivity index (χ0n) is 16.4. The quantitative estimate of drug-likeness (QED) is 0.493. The number of carbonyl (C=O) groups is 2. The predicted octanol–water partition coefficient (Wildman–Crippen LogP) is 4.47. The average molecular weight is 456 g/mol. The summed E-state index contributed by atoms with van der Waals surface area (Å²) in [6, 6.07) is 8.68. The van der Waals surface area contributed by atoms with Crippen molar-refractivity contribution in [1.82, 2.24) is 9.38 Å². The van der Waals surface area contributed by atoms with E-state index in [0.717, 1.165) is 11.0 Å². The standard InChI is InChI=1S/C22H15F3N4O2S/c23-14-3-1-12(2-4-14)19-20(28-7-8-32-22(28)26-19)27-21(31)13-9-18(30)29(11-13)17-6-5-15(24)10-16(17)25/h1-8,10,13H,9,11H2,(H,27,31). The molecule has 0 radical (unpaired) electrons. The zero-order chi connectivity index (χ0) is 22.4. The van der Waals surface area contributed by atoms with Crippen molar-refractivity contribution in [3.8, 4) is 11.3 Å². The molecule has 1 unspecified atom stereocenters. The van der Waals surface area contributed by atoms with Gasteiger partial charge in [-0.3, -0.25) is 14.0 Å². The zero-order valence-corrected chi connectivity index (χ0v) is 17.2. The molecule has 1 fully saturated rings. The third-order valence-electron chi connectivity index (χ3n) is 5.32. The van der Waals surface area contributed by atoms with Crippen LogP contribution in [0.3, 0.4) is 0 Å². The van der Waals surface area contributed by atoms with Crippen LogP contribution in [0.15, 0.2) is 54.0 Å². The van der Waals surface area contributed by atoms with Gasteiger partial charge in [0.15, 0.2) is 4.96 Å². The van der Waals surface area contributed by atoms with Crippen molar-refractivity contribution in [2.75, 3.05) is 16.8 Å². The molecule has 1 N–H and O–H groups in total. The van der Waals surface area contributed by atoms with E-state index >= 15 is 0 Å². The first-order chi connectivity index (χ1) is 15.4. The summed E-state index contributed by atoms with van der Waals surface area (Å²) in [5, 5.41) is 4.64. The number of hydrogen-bond donors (Lipinski definition) is 1. The second-order valence-electron chi connectivity index (χ2n) is 7.36. The average Bonchev–Trinajstić information content (AvgIpc) is 3.45. The number of benzene rings is 2. The van der Waals surface area contributed by atoms with E-state index in [9.17, 15) is 22.8 Å². The fourth-order valence-electron chi connectivity index (χ4n) is 3.75. The van der Waals surface area contributed by atoms with E-state index in [-0.39, 0.29) is 18.7 Å². The van der Waals surface area contributed by atoms with Gasteiger partial charge in [0.05, 0.1) is 11.6 Å². The number of fused-ring (bicyclic) bond motifs is 1. The third kappa shape index (κ3) is 3.52. The first kappa shape index (κ1) is 20.3. The van der Waals surface area contributed by atoms with Crippen LogP contribution in [0, 0.1) is 23.4 Å². The summed E-state index contributed by atoms with van der Waals surface area (Å²) in [6.45, 7) is -0.0370. The van der Waals surface area contributed by atoms with Crippen molar-refractivity contribution >= 4 is 39.6 Å². The van der Waals surface area contributed by atoms with Crippen LogP contribution in [0.4, 0.5) is 24.7 Å². The van der Waals surface area contributed by atoms with Crippen LogP contribution in [-0.2, 0) is 9.59 Å². The smallest absolute Gasteiger partial charge is 0.230 e. The molecule has 1 aliphatic heterocycles. The number of carbonyl (C=O) groups excluding carboxylic acids is 2. The maximum Gasteiger partial charge on any atom is 0.230 e. The van der Waals surface area contributed by atoms with Crippen LogP contribution in [0.25, 0.3) is 16.2 Å². The number of halogens is 3. The van der Waals surface area contributed by atoms with Gasteiger partial charge in [-0.15, -0.1) is 11.3 Å². The highest BCUT2D eigenvalue weighted by molar-refractivity contribution is 7.15. The van der Waals surface area contributed by atoms with Gasteiger partial charge in [-0.25, -0.2) is 18.2 Å². The number of imidazole rings is 1. The largest absolute Gasteiger partial charge is 0.310 e. The number of aromatic nitrogens is 2. The SMILES string of the molecule is O=C(Nc1c(-c2ccc(F)cc2)nc2sccn12)C1CC(=O)N(c2ccc(F)cc2F)C1. The fourth-order valence-corrected chi connectivity index (χ4v) is 4.46. The Morgan fingerprint density at radius 2 is 1.84 bits per heavy atom. The number of nitrogens with one attached hydrogen (secondary N) is 1. The van der Waals surface area contributed by atoms with E-state index in [1.807, 2.05) is 5.38 Å². The molecule has 32 heavy (non-hydrogen) atoms. The highest BCUT2D eigenvalue weighted by Crippen LogP contribution is 2.33. The molecule has 4 aromatic rings. The molecule has 10 heteroatoms. The molecule has 6 nitrogen and oxygen atoms in total. The minimum absolute atomic E-state index is 0.0370. The Labute approximate surface area is 183 Å². The van der Waals surface area contributed by atoms with Gasteiger partial charge in [-0.1, -0.05) is 0 Å². The molecule has 0 saturated carbocycles. The van der Waals surface area contributed by atoms with Crippen LogP contribution in [0.1, 0.15) is 6.42 Å². The van der Waals surface area contributed by atoms with E-state index in [2.05, 4.69) is 10.3 Å². The molecule has 3 heterocycles. The first-order valence-corrected chi connectivity index (χ1v) is 10.6. The molecule has 1 saturated heterocycles. The number of thiazole rings is 1. The molecule has 2 amide bonds. The maximum atomic E-state index is 14.1. The highest BCUT2D eigenvalue weighted by atomic mass is 32.1. The summed E-state index contributed by atoms with van der Waals surface area (Å²) in [5.74, 6) is -3.20. The molecule has 1 atom stereocenters. The summed E-state index contributed by atoms with van der Waals surface area (Å²) in [5.41, 5.74) is 1.02. The van der Waals surface area contributed by atoms with E-state index in [1.165, 1.54) is 29.5 Å². The van der Waals surface area contributed by atoms with Crippen LogP contribution in [-0.4, -0.2) is 27.7 Å². The summed E-state index contributed by atoms with van der Waals surface area (Å²) >= 11 is 1.37. The molecular weight excluding hydrogens is 441 g/mol. The van der Waals surface area contributed by atoms with Gasteiger partial charge in [0.1, 0.15) is 29.0 Å². The molecular formula is C22H15F3N4O2S. The van der Waals surface area contributed by atoms with E-state index < -0.39 is 35.2 Å². The Morgan fingerprint density at radius 3 is 2.59 bits per heavy atom. The van der Waals surface area contributed by atoms with Crippen LogP contribution in [0.5, 0.6) is 0 Å². The van der Waals surface area contributed by atoms with Crippen molar-refractivity contribution in [2.24, 2.45) is 5.92 Å². The van der Waals surface area contributed by atoms with Crippen molar-refractivity contribution < 1.29 is 22.8 Å². The van der Waals surface area contributed by atoms with Crippen LogP contribution >= 0.6 is 11.3 Å². The van der Waals surface area contributed by atoms with Crippen molar-refractivity contribution in [1.29, 1.82) is 0 Å². The third-order valence-corrected chi connectivity index (χ3v) is 6.07. The van der Waals surface area contributed by atoms with E-state index in [0.29, 0.717) is 28.1 Å². The van der Waals surface area contributed by atoms with E-state index in [4.69, 9.17) is 0 Å². The highest BCUT2D eigenvalue weighted by Gasteiger charge is 2.37. The monoisotopic (exact) mass is 456 g/mol. The Hall–Kier alpha value is -3.66. The lowest BCUT2D eigenvalue weighted by Crippen LogP contribution is -2.29. The Balaban J connectivity index is 1.42. The molecule has 2 aromatic carbocycles. The van der Waals surface area contributed by atoms with Gasteiger partial charge in [-0.05, 0) is 36.4 Å². The normalized spacial score (nSPS) is 16.2. The second kappa shape index (κ2) is 7.79. The molecule has 0 aliphatic carbocycles. The number of anilines is 2. The van der Waals surface area contributed by atoms with Crippen molar-refractivity contribution in [3.63, 3.8) is 0 Å². The topological polar surface area (TPSA) is 66.7 Å². The molecule has 0 spiro atoms. The number of amides is 2. The van der Waals surface area contributed by atoms with E-state index in [1.54, 1.807) is 22.7 Å². The van der Waals surface area contributed by atoms with Gasteiger partial charge >= 0.3 is 0 Å². The van der Waals surface area contributed by atoms with Crippen molar-refractivity contribution in [2.45, 2.75) is 6.42 Å². The fraction of sp³-hybridized carbons (Fsp3) is 0.136. The summed E-state index contributed by atoms with van der Waals surface area (Å²) in [7, 11) is 0. The lowest BCUT2D eigenvalue weighted by atomic mass is 10.1. The minimum Gasteiger partial charge on any atom is -0.310 e. The van der Waals surface area contributed by atoms with Crippen LogP contribution in [0.2, 0.25) is 0 Å². The predicted molar refractivity (Wildman–Crippen MR) is 114 cm³/mol. The van der Waals surface area contributed by atoms with Gasteiger partial charge < -0.3 is 10.2 Å². The lowest BCUT2D eigenvalue weighted by Gasteiger charge is -2.17. The summed E-state index contributed by atoms with van der Waals surface area (Å²) < 4.78 is 42.4. The first-order valence-electron chi connectivity index (χ1n) is 9.68. The Kier molecular flexibility index (Phi) is 4.93. The van der Waals surface area contributed by atoms with Gasteiger partial charge in [0, 0.05) is 36.2 Å². The lowest BCUT2D eigenvalue weighted by molar-refractivity contribution is -0.122. The molecule has 162 valence electrons. The molecule has 0 bridgehead atoms. The maximum absolute atomic E-state index is 14.1. The molecule has 5 rings (SSSR count). The molecule has 1 aliphatic rings. The van der Waals surface area contributed by atoms with Gasteiger partial charge in [-0.2, -0.15) is 0 Å². The van der Waals surface area contributed by atoms with Crippen molar-refractivity contribution in [3.05, 3.63) is 71.5 Å². The number of hydrogen-bond acceptors (Lipinski definition) is 4. The van der Waals surface area contributed by atoms with Gasteiger partial charge in [0.2, 0.25) is 11.8 Å². The Bertz CT molecular complexity index is 1350. The molecule has 2 aromatic heterocycles. The summed E-state index contributed by atoms with van der Waals surface area (Å²) in [4.78, 5) is 31.8. The van der Waals surface area contributed by atoms with Crippen LogP contribution < -0.4 is 10.2 Å². The Morgan fingerprint density at radius 1 is 1.09 bits per heavy atom. The number of nitrogens with zero attached hydrogens (tertiary/aromatic N) is 3. The minimum atomic E-state index is -0.867. The number of rotatable bonds is 4. The summed E-state index contributed by atoms with van der Waals surface area (Å²) in [6.07, 6.45) is 1.63. The second-order valence-corrected chi connectivity index (χ2v) is 8.23. The van der Waals surface area contributed by atoms with Gasteiger partial charge in [0.25, 0.3) is 0 Å².